The number of nitrogens with one attached hydrogen (secondary N) is 1. The van der Waals surface area contributed by atoms with E-state index in [1.807, 2.05) is 24.0 Å². The van der Waals surface area contributed by atoms with E-state index in [1.165, 1.54) is 12.1 Å². The van der Waals surface area contributed by atoms with Gasteiger partial charge in [-0.1, -0.05) is 29.8 Å². The lowest BCUT2D eigenvalue weighted by molar-refractivity contribution is 0.139. The molecule has 0 aliphatic carbocycles. The third-order valence-electron chi connectivity index (χ3n) is 6.03. The second-order valence-corrected chi connectivity index (χ2v) is 8.54. The minimum Gasteiger partial charge on any atom is -0.324 e. The Hall–Kier alpha value is -2.80. The first kappa shape index (κ1) is 21.4. The van der Waals surface area contributed by atoms with Crippen LogP contribution in [0.4, 0.5) is 19.7 Å². The Morgan fingerprint density at radius 1 is 1.10 bits per heavy atom. The summed E-state index contributed by atoms with van der Waals surface area (Å²) >= 11 is 6.14. The zero-order chi connectivity index (χ0) is 22.0. The third-order valence-corrected chi connectivity index (χ3v) is 6.44. The molecule has 0 unspecified atom stereocenters. The first-order valence-electron chi connectivity index (χ1n) is 10.5. The number of rotatable bonds is 4. The van der Waals surface area contributed by atoms with Gasteiger partial charge in [0.1, 0.15) is 5.82 Å². The van der Waals surface area contributed by atoms with Crippen molar-refractivity contribution in [3.05, 3.63) is 64.4 Å². The summed E-state index contributed by atoms with van der Waals surface area (Å²) in [4.78, 5) is 30.9. The van der Waals surface area contributed by atoms with Crippen LogP contribution in [0.5, 0.6) is 0 Å². The minimum absolute atomic E-state index is 0.0153. The highest BCUT2D eigenvalue weighted by molar-refractivity contribution is 6.31. The fourth-order valence-corrected chi connectivity index (χ4v) is 4.33. The van der Waals surface area contributed by atoms with Crippen LogP contribution < -0.4 is 5.32 Å². The number of likely N-dealkylation sites (tertiary alicyclic amines) is 1. The maximum Gasteiger partial charge on any atom is 0.321 e. The van der Waals surface area contributed by atoms with E-state index in [2.05, 4.69) is 5.32 Å². The smallest absolute Gasteiger partial charge is 0.321 e. The van der Waals surface area contributed by atoms with Crippen LogP contribution in [0.25, 0.3) is 0 Å². The summed E-state index contributed by atoms with van der Waals surface area (Å²) in [5, 5.41) is 3.52. The lowest BCUT2D eigenvalue weighted by Crippen LogP contribution is -2.49. The van der Waals surface area contributed by atoms with Gasteiger partial charge in [-0.05, 0) is 55.2 Å². The van der Waals surface area contributed by atoms with Gasteiger partial charge in [0.2, 0.25) is 0 Å². The Morgan fingerprint density at radius 3 is 2.48 bits per heavy atom. The fourth-order valence-electron chi connectivity index (χ4n) is 4.15. The van der Waals surface area contributed by atoms with Gasteiger partial charge in [0, 0.05) is 49.5 Å². The van der Waals surface area contributed by atoms with Gasteiger partial charge in [0.05, 0.1) is 0 Å². The van der Waals surface area contributed by atoms with E-state index < -0.39 is 0 Å². The number of hydrogen-bond acceptors (Lipinski definition) is 2. The maximum absolute atomic E-state index is 13.1. The quantitative estimate of drug-likeness (QED) is 0.741. The zero-order valence-corrected chi connectivity index (χ0v) is 18.2. The highest BCUT2D eigenvalue weighted by Gasteiger charge is 2.36. The lowest BCUT2D eigenvalue weighted by atomic mass is 10.0. The number of piperidine rings is 1. The van der Waals surface area contributed by atoms with Crippen molar-refractivity contribution in [2.75, 3.05) is 31.5 Å². The molecule has 0 atom stereocenters. The average Bonchev–Trinajstić information content (AvgIpc) is 3.12. The van der Waals surface area contributed by atoms with E-state index in [0.29, 0.717) is 43.4 Å². The van der Waals surface area contributed by atoms with E-state index in [-0.39, 0.29) is 23.9 Å². The Balaban J connectivity index is 1.28. The molecule has 8 heteroatoms. The average molecular weight is 445 g/mol. The number of benzene rings is 2. The van der Waals surface area contributed by atoms with Gasteiger partial charge < -0.3 is 20.0 Å². The number of anilines is 1. The Labute approximate surface area is 186 Å². The molecule has 1 N–H and O–H groups in total. The molecular formula is C23H26ClFN4O2. The number of aryl methyl sites for hydroxylation is 1. The number of urea groups is 2. The van der Waals surface area contributed by atoms with E-state index in [4.69, 9.17) is 11.6 Å². The van der Waals surface area contributed by atoms with Gasteiger partial charge in [0.25, 0.3) is 0 Å². The molecule has 0 spiro atoms. The topological polar surface area (TPSA) is 55.9 Å². The maximum atomic E-state index is 13.1. The molecule has 6 nitrogen and oxygen atoms in total. The summed E-state index contributed by atoms with van der Waals surface area (Å²) in [7, 11) is 0. The zero-order valence-electron chi connectivity index (χ0n) is 17.5. The molecule has 2 aliphatic heterocycles. The molecule has 0 aromatic heterocycles. The number of halogens is 2. The standard InChI is InChI=1S/C23H26ClFN4O2/c1-16-2-7-19(14-21(16)24)26-22(30)27-10-8-20(9-11-27)29-13-12-28(23(29)31)15-17-3-5-18(25)6-4-17/h2-7,14,20H,8-13,15H2,1H3,(H,26,30). The van der Waals surface area contributed by atoms with E-state index >= 15 is 0 Å². The predicted molar refractivity (Wildman–Crippen MR) is 119 cm³/mol. The summed E-state index contributed by atoms with van der Waals surface area (Å²) in [5.74, 6) is -0.278. The Bertz CT molecular complexity index is 961. The van der Waals surface area contributed by atoms with Crippen molar-refractivity contribution in [3.63, 3.8) is 0 Å². The fraction of sp³-hybridized carbons (Fsp3) is 0.391. The molecule has 2 saturated heterocycles. The molecule has 164 valence electrons. The number of nitrogens with zero attached hydrogens (tertiary/aromatic N) is 3. The summed E-state index contributed by atoms with van der Waals surface area (Å²) < 4.78 is 13.1. The molecule has 0 saturated carbocycles. The van der Waals surface area contributed by atoms with E-state index in [0.717, 1.165) is 24.0 Å². The van der Waals surface area contributed by atoms with Crippen molar-refractivity contribution in [2.24, 2.45) is 0 Å². The lowest BCUT2D eigenvalue weighted by Gasteiger charge is -2.36. The molecule has 2 aromatic carbocycles. The molecular weight excluding hydrogens is 419 g/mol. The van der Waals surface area contributed by atoms with Crippen molar-refractivity contribution in [2.45, 2.75) is 32.4 Å². The second kappa shape index (κ2) is 9.14. The van der Waals surface area contributed by atoms with Crippen LogP contribution in [-0.2, 0) is 6.54 Å². The summed E-state index contributed by atoms with van der Waals surface area (Å²) in [5.41, 5.74) is 2.55. The van der Waals surface area contributed by atoms with Crippen LogP contribution in [0, 0.1) is 12.7 Å². The van der Waals surface area contributed by atoms with Crippen molar-refractivity contribution >= 4 is 29.4 Å². The molecule has 2 heterocycles. The molecule has 4 rings (SSSR count). The number of hydrogen-bond donors (Lipinski definition) is 1. The van der Waals surface area contributed by atoms with Crippen LogP contribution in [0.15, 0.2) is 42.5 Å². The van der Waals surface area contributed by atoms with Gasteiger partial charge >= 0.3 is 12.1 Å². The summed E-state index contributed by atoms with van der Waals surface area (Å²) in [6.45, 7) is 4.93. The first-order chi connectivity index (χ1) is 14.9. The van der Waals surface area contributed by atoms with Crippen molar-refractivity contribution in [3.8, 4) is 0 Å². The van der Waals surface area contributed by atoms with Gasteiger partial charge in [-0.25, -0.2) is 14.0 Å². The number of carbonyl (C=O) groups excluding carboxylic acids is 2. The molecule has 4 amide bonds. The Kier molecular flexibility index (Phi) is 6.32. The SMILES string of the molecule is Cc1ccc(NC(=O)N2CCC(N3CCN(Cc4ccc(F)cc4)C3=O)CC2)cc1Cl. The molecule has 2 aliphatic rings. The van der Waals surface area contributed by atoms with Crippen LogP contribution in [0.3, 0.4) is 0 Å². The van der Waals surface area contributed by atoms with Crippen LogP contribution >= 0.6 is 11.6 Å². The van der Waals surface area contributed by atoms with Gasteiger partial charge in [-0.2, -0.15) is 0 Å². The van der Waals surface area contributed by atoms with Gasteiger partial charge in [-0.15, -0.1) is 0 Å². The largest absolute Gasteiger partial charge is 0.324 e. The second-order valence-electron chi connectivity index (χ2n) is 8.14. The Morgan fingerprint density at radius 2 is 1.81 bits per heavy atom. The first-order valence-corrected chi connectivity index (χ1v) is 10.9. The number of amides is 4. The van der Waals surface area contributed by atoms with Crippen molar-refractivity contribution in [1.82, 2.24) is 14.7 Å². The number of carbonyl (C=O) groups is 2. The third kappa shape index (κ3) is 4.93. The van der Waals surface area contributed by atoms with Crippen LogP contribution in [0.2, 0.25) is 5.02 Å². The molecule has 31 heavy (non-hydrogen) atoms. The van der Waals surface area contributed by atoms with Crippen molar-refractivity contribution < 1.29 is 14.0 Å². The predicted octanol–water partition coefficient (Wildman–Crippen LogP) is 4.72. The highest BCUT2D eigenvalue weighted by Crippen LogP contribution is 2.24. The van der Waals surface area contributed by atoms with Crippen molar-refractivity contribution in [1.29, 1.82) is 0 Å². The van der Waals surface area contributed by atoms with Crippen LogP contribution in [0.1, 0.15) is 24.0 Å². The minimum atomic E-state index is -0.278. The highest BCUT2D eigenvalue weighted by atomic mass is 35.5. The summed E-state index contributed by atoms with van der Waals surface area (Å²) in [6, 6.07) is 11.7. The summed E-state index contributed by atoms with van der Waals surface area (Å²) in [6.07, 6.45) is 1.50. The monoisotopic (exact) mass is 444 g/mol. The normalized spacial score (nSPS) is 17.4. The van der Waals surface area contributed by atoms with Gasteiger partial charge in [0.15, 0.2) is 0 Å². The molecule has 2 aromatic rings. The van der Waals surface area contributed by atoms with Crippen LogP contribution in [-0.4, -0.2) is 59.0 Å². The van der Waals surface area contributed by atoms with E-state index in [1.54, 1.807) is 28.0 Å². The molecule has 2 fully saturated rings. The molecule has 0 bridgehead atoms. The molecule has 0 radical (unpaired) electrons. The van der Waals surface area contributed by atoms with E-state index in [9.17, 15) is 14.0 Å². The van der Waals surface area contributed by atoms with Gasteiger partial charge in [-0.3, -0.25) is 0 Å².